The average Bonchev–Trinajstić information content (AvgIpc) is 2.85. The van der Waals surface area contributed by atoms with Gasteiger partial charge in [0.05, 0.1) is 17.3 Å². The Balaban J connectivity index is 1.77. The highest BCUT2D eigenvalue weighted by Crippen LogP contribution is 2.21. The minimum absolute atomic E-state index is 0.284. The zero-order valence-corrected chi connectivity index (χ0v) is 19.8. The second-order valence-electron chi connectivity index (χ2n) is 7.83. The van der Waals surface area contributed by atoms with E-state index < -0.39 is 17.9 Å². The Morgan fingerprint density at radius 1 is 0.794 bits per heavy atom. The third-order valence-corrected chi connectivity index (χ3v) is 5.13. The zero-order chi connectivity index (χ0) is 24.6. The smallest absolute Gasteiger partial charge is 0.338 e. The van der Waals surface area contributed by atoms with E-state index in [0.717, 1.165) is 43.5 Å². The Bertz CT molecular complexity index is 968. The van der Waals surface area contributed by atoms with Crippen molar-refractivity contribution in [3.05, 3.63) is 66.7 Å². The van der Waals surface area contributed by atoms with Crippen LogP contribution >= 0.6 is 0 Å². The van der Waals surface area contributed by atoms with Crippen molar-refractivity contribution in [2.24, 2.45) is 16.1 Å². The van der Waals surface area contributed by atoms with Gasteiger partial charge < -0.3 is 9.47 Å². The number of hydrogen-bond donors (Lipinski definition) is 0. The quantitative estimate of drug-likeness (QED) is 0.0793. The van der Waals surface area contributed by atoms with E-state index in [4.69, 9.17) is 9.47 Å². The summed E-state index contributed by atoms with van der Waals surface area (Å²) in [5.41, 5.74) is 1.32. The van der Waals surface area contributed by atoms with Gasteiger partial charge in [0.2, 0.25) is 0 Å². The van der Waals surface area contributed by atoms with Crippen LogP contribution in [-0.2, 0) is 19.1 Å². The van der Waals surface area contributed by atoms with Crippen molar-refractivity contribution in [2.75, 3.05) is 0 Å². The molecule has 0 aliphatic rings. The number of nitrogens with zero attached hydrogens (tertiary/aromatic N) is 2. The minimum atomic E-state index is -0.886. The molecule has 0 saturated carbocycles. The fourth-order valence-electron chi connectivity index (χ4n) is 3.18. The summed E-state index contributed by atoms with van der Waals surface area (Å²) in [6.07, 6.45) is 8.61. The fraction of sp³-hybridized carbons (Fsp3) is 0.370. The van der Waals surface area contributed by atoms with Gasteiger partial charge in [-0.1, -0.05) is 64.2 Å². The molecular weight excluding hydrogens is 432 g/mol. The van der Waals surface area contributed by atoms with Crippen LogP contribution in [0.3, 0.4) is 0 Å². The first-order chi connectivity index (χ1) is 16.5. The summed E-state index contributed by atoms with van der Waals surface area (Å²) in [4.78, 5) is 36.1. The zero-order valence-electron chi connectivity index (χ0n) is 19.8. The number of hydrogen-bond acceptors (Lipinski definition) is 7. The second-order valence-corrected chi connectivity index (χ2v) is 7.83. The Morgan fingerprint density at radius 2 is 1.41 bits per heavy atom. The summed E-state index contributed by atoms with van der Waals surface area (Å²) in [5, 5.41) is 8.23. The number of benzene rings is 2. The van der Waals surface area contributed by atoms with Gasteiger partial charge in [-0.05, 0) is 49.2 Å². The molecule has 2 rings (SSSR count). The summed E-state index contributed by atoms with van der Waals surface area (Å²) in [7, 11) is 0. The van der Waals surface area contributed by atoms with Crippen LogP contribution in [0.25, 0.3) is 0 Å². The van der Waals surface area contributed by atoms with E-state index in [1.807, 2.05) is 37.3 Å². The van der Waals surface area contributed by atoms with Gasteiger partial charge >= 0.3 is 17.9 Å². The van der Waals surface area contributed by atoms with Crippen LogP contribution < -0.4 is 4.74 Å². The molecule has 7 nitrogen and oxygen atoms in total. The highest BCUT2D eigenvalue weighted by atomic mass is 16.6. The van der Waals surface area contributed by atoms with Gasteiger partial charge in [-0.25, -0.2) is 9.59 Å². The number of carbonyl (C=O) groups excluding carboxylic acids is 3. The lowest BCUT2D eigenvalue weighted by atomic mass is 9.98. The predicted octanol–water partition coefficient (Wildman–Crippen LogP) is 7.02. The van der Waals surface area contributed by atoms with Crippen molar-refractivity contribution >= 4 is 29.3 Å². The Kier molecular flexibility index (Phi) is 12.0. The van der Waals surface area contributed by atoms with Gasteiger partial charge in [0, 0.05) is 12.2 Å². The highest BCUT2D eigenvalue weighted by Gasteiger charge is 2.20. The Hall–Kier alpha value is -3.61. The predicted molar refractivity (Wildman–Crippen MR) is 130 cm³/mol. The number of unbranched alkanes of at least 4 members (excludes halogenated alkanes) is 4. The van der Waals surface area contributed by atoms with E-state index in [1.54, 1.807) is 24.3 Å². The summed E-state index contributed by atoms with van der Waals surface area (Å²) in [5.74, 6) is -2.23. The Morgan fingerprint density at radius 3 is 2.06 bits per heavy atom. The van der Waals surface area contributed by atoms with Gasteiger partial charge in [0.15, 0.2) is 0 Å². The molecule has 2 aromatic rings. The molecule has 0 N–H and O–H groups in total. The number of ether oxygens (including phenoxy) is 2. The lowest BCUT2D eigenvalue weighted by molar-refractivity contribution is -0.159. The van der Waals surface area contributed by atoms with E-state index in [-0.39, 0.29) is 11.7 Å². The molecule has 1 unspecified atom stereocenters. The van der Waals surface area contributed by atoms with E-state index in [0.29, 0.717) is 18.5 Å². The summed E-state index contributed by atoms with van der Waals surface area (Å²) in [6.45, 7) is 4.04. The lowest BCUT2D eigenvalue weighted by Crippen LogP contribution is -2.20. The monoisotopic (exact) mass is 464 g/mol. The molecule has 0 fully saturated rings. The largest absolute Gasteiger partial charge is 0.423 e. The number of rotatable bonds is 13. The maximum absolute atomic E-state index is 12.2. The molecule has 0 heterocycles. The molecule has 1 atom stereocenters. The van der Waals surface area contributed by atoms with E-state index in [2.05, 4.69) is 17.2 Å². The second kappa shape index (κ2) is 15.3. The van der Waals surface area contributed by atoms with E-state index >= 15 is 0 Å². The maximum atomic E-state index is 12.2. The van der Waals surface area contributed by atoms with Crippen molar-refractivity contribution in [1.82, 2.24) is 0 Å². The van der Waals surface area contributed by atoms with Gasteiger partial charge in [0.1, 0.15) is 5.75 Å². The molecule has 34 heavy (non-hydrogen) atoms. The van der Waals surface area contributed by atoms with Crippen molar-refractivity contribution in [1.29, 1.82) is 0 Å². The molecular formula is C27H32N2O5. The molecule has 0 bridgehead atoms. The molecule has 0 aromatic heterocycles. The topological polar surface area (TPSA) is 94.4 Å². The van der Waals surface area contributed by atoms with Crippen LogP contribution in [0.2, 0.25) is 0 Å². The molecule has 0 radical (unpaired) electrons. The number of azo groups is 1. The molecule has 180 valence electrons. The third kappa shape index (κ3) is 10.3. The van der Waals surface area contributed by atoms with Crippen LogP contribution in [0.4, 0.5) is 11.4 Å². The molecule has 0 aliphatic heterocycles. The highest BCUT2D eigenvalue weighted by molar-refractivity contribution is 5.97. The normalized spacial score (nSPS) is 12.1. The molecule has 0 aliphatic carbocycles. The lowest BCUT2D eigenvalue weighted by Gasteiger charge is -2.12. The van der Waals surface area contributed by atoms with Gasteiger partial charge in [-0.3, -0.25) is 4.79 Å². The minimum Gasteiger partial charge on any atom is -0.423 e. The number of esters is 3. The van der Waals surface area contributed by atoms with Gasteiger partial charge in [0.25, 0.3) is 0 Å². The van der Waals surface area contributed by atoms with Gasteiger partial charge in [-0.15, -0.1) is 0 Å². The standard InChI is InChI=1S/C27H32N2O5/c1-3-5-6-7-9-12-21(4-2)27(32)34-26(31)20-19-25(30)33-24-17-15-23(16-18-24)29-28-22-13-10-8-11-14-22/h8,10-11,13-21H,3-7,9,12H2,1-2H3/b20-19+,29-28?. The van der Waals surface area contributed by atoms with Crippen molar-refractivity contribution in [3.63, 3.8) is 0 Å². The summed E-state index contributed by atoms with van der Waals surface area (Å²) < 4.78 is 10.0. The van der Waals surface area contributed by atoms with E-state index in [9.17, 15) is 14.4 Å². The van der Waals surface area contributed by atoms with Crippen LogP contribution in [0, 0.1) is 5.92 Å². The molecule has 7 heteroatoms. The third-order valence-electron chi connectivity index (χ3n) is 5.13. The fourth-order valence-corrected chi connectivity index (χ4v) is 3.18. The summed E-state index contributed by atoms with van der Waals surface area (Å²) in [6, 6.07) is 15.7. The maximum Gasteiger partial charge on any atom is 0.338 e. The molecule has 2 aromatic carbocycles. The van der Waals surface area contributed by atoms with Crippen molar-refractivity contribution in [2.45, 2.75) is 58.8 Å². The van der Waals surface area contributed by atoms with Crippen LogP contribution in [0.5, 0.6) is 5.75 Å². The SMILES string of the molecule is CCCCCCCC(CC)C(=O)OC(=O)/C=C/C(=O)Oc1ccc(N=Nc2ccccc2)cc1. The average molecular weight is 465 g/mol. The first kappa shape index (κ1) is 26.6. The van der Waals surface area contributed by atoms with Crippen LogP contribution in [-0.4, -0.2) is 17.9 Å². The molecule has 0 spiro atoms. The van der Waals surface area contributed by atoms with Gasteiger partial charge in [-0.2, -0.15) is 10.2 Å². The van der Waals surface area contributed by atoms with Crippen molar-refractivity contribution in [3.8, 4) is 5.75 Å². The van der Waals surface area contributed by atoms with Crippen LogP contribution in [0.1, 0.15) is 58.8 Å². The first-order valence-corrected chi connectivity index (χ1v) is 11.7. The Labute approximate surface area is 200 Å². The molecule has 0 saturated heterocycles. The number of carbonyl (C=O) groups is 3. The first-order valence-electron chi connectivity index (χ1n) is 11.7. The van der Waals surface area contributed by atoms with Crippen LogP contribution in [0.15, 0.2) is 77.0 Å². The van der Waals surface area contributed by atoms with Crippen molar-refractivity contribution < 1.29 is 23.9 Å². The summed E-state index contributed by atoms with van der Waals surface area (Å²) >= 11 is 0. The molecule has 0 amide bonds. The van der Waals surface area contributed by atoms with E-state index in [1.165, 1.54) is 6.42 Å².